The molecule has 5 aliphatic heterocycles. The van der Waals surface area contributed by atoms with E-state index < -0.39 is 109 Å². The standard InChI is InChI=1S/C38H50O16/c1-18-16-46-38(15-26(18)51-27(40)13-10-22-8-6-5-7-9-22)37(17-47-37)24-12-11-23(14-25(24)54-38)34(45)53-36-33(32(50-21(4)39)29(42)20(3)49-36)52-35-31(44)30(43)28(41)19(2)48-35/h5-10,13,18-20,23-26,28-33,35-36,41-44H,11-12,14-17H2,1-4H3. The summed E-state index contributed by atoms with van der Waals surface area (Å²) in [5, 5.41) is 42.1. The first-order valence-electron chi connectivity index (χ1n) is 18.7. The molecule has 16 nitrogen and oxygen atoms in total. The molecule has 17 unspecified atom stereocenters. The normalized spacial score (nSPS) is 45.9. The fraction of sp³-hybridized carbons (Fsp3) is 0.711. The predicted octanol–water partition coefficient (Wildman–Crippen LogP) is 0.742. The zero-order valence-corrected chi connectivity index (χ0v) is 30.6. The van der Waals surface area contributed by atoms with Gasteiger partial charge in [-0.2, -0.15) is 0 Å². The Bertz CT molecular complexity index is 1550. The van der Waals surface area contributed by atoms with Crippen LogP contribution in [0.15, 0.2) is 36.4 Å². The molecule has 1 aromatic rings. The number of carbonyl (C=O) groups excluding carboxylic acids is 3. The van der Waals surface area contributed by atoms with E-state index in [2.05, 4.69) is 0 Å². The highest BCUT2D eigenvalue weighted by Crippen LogP contribution is 2.62. The molecule has 6 fully saturated rings. The molecule has 6 aliphatic rings. The van der Waals surface area contributed by atoms with Crippen LogP contribution in [0.5, 0.6) is 0 Å². The average molecular weight is 763 g/mol. The first-order chi connectivity index (χ1) is 25.7. The van der Waals surface area contributed by atoms with Crippen LogP contribution in [-0.2, 0) is 57.0 Å². The van der Waals surface area contributed by atoms with Gasteiger partial charge in [-0.1, -0.05) is 37.3 Å². The van der Waals surface area contributed by atoms with E-state index in [9.17, 15) is 34.8 Å². The van der Waals surface area contributed by atoms with Gasteiger partial charge in [-0.25, -0.2) is 4.79 Å². The van der Waals surface area contributed by atoms with Crippen LogP contribution in [0.4, 0.5) is 0 Å². The lowest BCUT2D eigenvalue weighted by Crippen LogP contribution is -2.64. The van der Waals surface area contributed by atoms with Gasteiger partial charge in [0.15, 0.2) is 24.1 Å². The van der Waals surface area contributed by atoms with Gasteiger partial charge in [-0.15, -0.1) is 0 Å². The Morgan fingerprint density at radius 2 is 1.54 bits per heavy atom. The quantitative estimate of drug-likeness (QED) is 0.124. The Hall–Kier alpha value is -3.03. The number of aliphatic hydroxyl groups excluding tert-OH is 4. The van der Waals surface area contributed by atoms with Crippen LogP contribution in [0, 0.1) is 17.8 Å². The van der Waals surface area contributed by atoms with Gasteiger partial charge in [0, 0.05) is 31.3 Å². The highest BCUT2D eigenvalue weighted by molar-refractivity contribution is 5.87. The van der Waals surface area contributed by atoms with Crippen molar-refractivity contribution in [3.63, 3.8) is 0 Å². The highest BCUT2D eigenvalue weighted by atomic mass is 16.8. The molecule has 16 heteroatoms. The number of epoxide rings is 1. The van der Waals surface area contributed by atoms with E-state index in [1.165, 1.54) is 19.9 Å². The van der Waals surface area contributed by atoms with Gasteiger partial charge in [0.1, 0.15) is 30.5 Å². The minimum atomic E-state index is -1.74. The SMILES string of the molecule is CC(=O)OC1C(O)C(C)OC(OC(=O)C2CCC3C(C2)OC2(CC(OC(=O)C=Cc4ccccc4)C(C)CO2)C32CO2)C1OC1OC(C)C(O)C(O)C1O. The van der Waals surface area contributed by atoms with Crippen molar-refractivity contribution in [2.45, 2.75) is 138 Å². The Balaban J connectivity index is 1.03. The van der Waals surface area contributed by atoms with Crippen LogP contribution >= 0.6 is 0 Å². The molecule has 298 valence electrons. The lowest BCUT2D eigenvalue weighted by atomic mass is 9.72. The van der Waals surface area contributed by atoms with Crippen LogP contribution < -0.4 is 0 Å². The minimum absolute atomic E-state index is 0.0940. The van der Waals surface area contributed by atoms with Crippen LogP contribution in [0.3, 0.4) is 0 Å². The molecule has 1 aromatic carbocycles. The second kappa shape index (κ2) is 15.5. The summed E-state index contributed by atoms with van der Waals surface area (Å²) in [5.41, 5.74) is 0.121. The maximum atomic E-state index is 13.9. The second-order valence-electron chi connectivity index (χ2n) is 15.4. The topological polar surface area (TPSA) is 218 Å². The monoisotopic (exact) mass is 762 g/mol. The largest absolute Gasteiger partial charge is 0.459 e. The molecule has 5 heterocycles. The Kier molecular flexibility index (Phi) is 11.2. The van der Waals surface area contributed by atoms with Crippen LogP contribution in [0.2, 0.25) is 0 Å². The number of ether oxygens (including phenoxy) is 9. The van der Waals surface area contributed by atoms with Crippen molar-refractivity contribution >= 4 is 24.0 Å². The molecule has 0 radical (unpaired) electrons. The van der Waals surface area contributed by atoms with E-state index in [1.54, 1.807) is 6.08 Å². The van der Waals surface area contributed by atoms with E-state index in [1.807, 2.05) is 37.3 Å². The van der Waals surface area contributed by atoms with Crippen molar-refractivity contribution in [3.05, 3.63) is 42.0 Å². The van der Waals surface area contributed by atoms with E-state index in [-0.39, 0.29) is 31.3 Å². The molecule has 0 bridgehead atoms. The fourth-order valence-corrected chi connectivity index (χ4v) is 8.54. The van der Waals surface area contributed by atoms with Gasteiger partial charge < -0.3 is 63.1 Å². The van der Waals surface area contributed by atoms with Crippen molar-refractivity contribution < 1.29 is 77.4 Å². The van der Waals surface area contributed by atoms with Crippen molar-refractivity contribution in [1.82, 2.24) is 0 Å². The maximum absolute atomic E-state index is 13.9. The number of hydrogen-bond acceptors (Lipinski definition) is 16. The summed E-state index contributed by atoms with van der Waals surface area (Å²) in [5.74, 6) is -3.93. The molecule has 0 amide bonds. The van der Waals surface area contributed by atoms with Gasteiger partial charge >= 0.3 is 17.9 Å². The Labute approximate surface area is 312 Å². The summed E-state index contributed by atoms with van der Waals surface area (Å²) >= 11 is 0. The van der Waals surface area contributed by atoms with Crippen LogP contribution in [0.1, 0.15) is 58.9 Å². The van der Waals surface area contributed by atoms with E-state index in [0.717, 1.165) is 12.5 Å². The first kappa shape index (κ1) is 39.2. The average Bonchev–Trinajstić information content (AvgIpc) is 3.92. The Morgan fingerprint density at radius 1 is 0.833 bits per heavy atom. The third-order valence-electron chi connectivity index (χ3n) is 11.7. The highest BCUT2D eigenvalue weighted by Gasteiger charge is 2.76. The number of benzene rings is 1. The maximum Gasteiger partial charge on any atom is 0.331 e. The zero-order valence-electron chi connectivity index (χ0n) is 30.6. The number of carbonyl (C=O) groups is 3. The fourth-order valence-electron chi connectivity index (χ4n) is 8.54. The molecule has 2 spiro atoms. The van der Waals surface area contributed by atoms with Gasteiger partial charge in [0.05, 0.1) is 37.4 Å². The summed E-state index contributed by atoms with van der Waals surface area (Å²) in [7, 11) is 0. The summed E-state index contributed by atoms with van der Waals surface area (Å²) in [6, 6.07) is 9.43. The number of esters is 3. The van der Waals surface area contributed by atoms with E-state index >= 15 is 0 Å². The smallest absolute Gasteiger partial charge is 0.331 e. The number of fused-ring (bicyclic) bond motifs is 3. The minimum Gasteiger partial charge on any atom is -0.459 e. The van der Waals surface area contributed by atoms with E-state index in [4.69, 9.17) is 42.6 Å². The van der Waals surface area contributed by atoms with Gasteiger partial charge in [0.25, 0.3) is 0 Å². The third-order valence-corrected chi connectivity index (χ3v) is 11.7. The molecule has 4 N–H and O–H groups in total. The molecule has 54 heavy (non-hydrogen) atoms. The van der Waals surface area contributed by atoms with Crippen molar-refractivity contribution in [2.24, 2.45) is 17.8 Å². The van der Waals surface area contributed by atoms with Crippen LogP contribution in [-0.4, -0.2) is 137 Å². The van der Waals surface area contributed by atoms with Crippen molar-refractivity contribution in [3.8, 4) is 0 Å². The third kappa shape index (κ3) is 7.45. The number of rotatable bonds is 8. The van der Waals surface area contributed by atoms with Gasteiger partial charge in [-0.05, 0) is 44.7 Å². The zero-order chi connectivity index (χ0) is 38.5. The second-order valence-corrected chi connectivity index (χ2v) is 15.4. The van der Waals surface area contributed by atoms with Gasteiger partial charge in [-0.3, -0.25) is 9.59 Å². The number of aliphatic hydroxyl groups is 4. The van der Waals surface area contributed by atoms with Crippen LogP contribution in [0.25, 0.3) is 6.08 Å². The first-order valence-corrected chi connectivity index (χ1v) is 18.7. The molecule has 0 aromatic heterocycles. The summed E-state index contributed by atoms with van der Waals surface area (Å²) < 4.78 is 53.9. The molecule has 7 rings (SSSR count). The summed E-state index contributed by atoms with van der Waals surface area (Å²) in [6.45, 7) is 6.73. The predicted molar refractivity (Wildman–Crippen MR) is 181 cm³/mol. The van der Waals surface area contributed by atoms with Gasteiger partial charge in [0.2, 0.25) is 12.1 Å². The summed E-state index contributed by atoms with van der Waals surface area (Å²) in [4.78, 5) is 38.9. The Morgan fingerprint density at radius 3 is 2.24 bits per heavy atom. The molecular weight excluding hydrogens is 712 g/mol. The molecule has 5 saturated heterocycles. The molecule has 1 saturated carbocycles. The van der Waals surface area contributed by atoms with Crippen molar-refractivity contribution in [2.75, 3.05) is 13.2 Å². The van der Waals surface area contributed by atoms with E-state index in [0.29, 0.717) is 19.4 Å². The lowest BCUT2D eigenvalue weighted by Gasteiger charge is -2.46. The molecule has 1 aliphatic carbocycles. The lowest BCUT2D eigenvalue weighted by molar-refractivity contribution is -0.357. The number of hydrogen-bond donors (Lipinski definition) is 4. The summed E-state index contributed by atoms with van der Waals surface area (Å²) in [6.07, 6.45) is -10.5. The molecular formula is C38H50O16. The molecule has 17 atom stereocenters. The van der Waals surface area contributed by atoms with Crippen molar-refractivity contribution in [1.29, 1.82) is 0 Å².